The normalized spacial score (nSPS) is 12.9. The Morgan fingerprint density at radius 3 is 1.05 bits per heavy atom. The number of allylic oxidation sites excluding steroid dienone is 16. The second-order valence-electron chi connectivity index (χ2n) is 16.0. The van der Waals surface area contributed by atoms with Crippen LogP contribution in [0.1, 0.15) is 213 Å². The van der Waals surface area contributed by atoms with Crippen LogP contribution in [0.15, 0.2) is 97.2 Å². The standard InChI is InChI=1S/C55H90O6/c1-4-7-10-13-15-17-19-21-23-25-27-29-31-33-35-37-39-42-45-48-54(57)60-51-52(50-59-53(56)47-44-41-12-9-6-3)61-55(58)49-46-43-40-38-36-34-32-30-28-26-24-22-20-18-16-14-11-8-5-2/h7,10,15-18,21-24,27-30,33,35,52H,4-6,8-9,11-14,19-20,25-26,31-32,34,36-51H2,1-3H3/b10-7-,17-15-,18-16-,23-21-,24-22-,29-27-,30-28-,35-33-. The highest BCUT2D eigenvalue weighted by Gasteiger charge is 2.19. The molecule has 6 heteroatoms. The van der Waals surface area contributed by atoms with Gasteiger partial charge in [0.25, 0.3) is 0 Å². The number of rotatable bonds is 43. The van der Waals surface area contributed by atoms with E-state index in [1.807, 2.05) is 0 Å². The van der Waals surface area contributed by atoms with Crippen LogP contribution in [0.25, 0.3) is 0 Å². The van der Waals surface area contributed by atoms with Gasteiger partial charge in [0.15, 0.2) is 6.10 Å². The van der Waals surface area contributed by atoms with Gasteiger partial charge in [0.05, 0.1) is 0 Å². The molecule has 61 heavy (non-hydrogen) atoms. The van der Waals surface area contributed by atoms with Gasteiger partial charge in [-0.1, -0.05) is 189 Å². The molecular weight excluding hydrogens is 757 g/mol. The minimum atomic E-state index is -0.795. The van der Waals surface area contributed by atoms with Crippen molar-refractivity contribution in [2.24, 2.45) is 0 Å². The van der Waals surface area contributed by atoms with E-state index in [1.54, 1.807) is 0 Å². The van der Waals surface area contributed by atoms with Gasteiger partial charge in [-0.25, -0.2) is 0 Å². The van der Waals surface area contributed by atoms with Crippen LogP contribution in [0.5, 0.6) is 0 Å². The molecule has 6 nitrogen and oxygen atoms in total. The first-order valence-electron chi connectivity index (χ1n) is 24.7. The molecule has 0 aromatic carbocycles. The summed E-state index contributed by atoms with van der Waals surface area (Å²) in [7, 11) is 0. The monoisotopic (exact) mass is 847 g/mol. The zero-order valence-electron chi connectivity index (χ0n) is 39.4. The smallest absolute Gasteiger partial charge is 0.306 e. The van der Waals surface area contributed by atoms with Crippen molar-refractivity contribution < 1.29 is 28.6 Å². The van der Waals surface area contributed by atoms with Crippen molar-refractivity contribution in [2.45, 2.75) is 219 Å². The summed E-state index contributed by atoms with van der Waals surface area (Å²) in [4.78, 5) is 37.6. The Balaban J connectivity index is 4.30. The molecule has 0 radical (unpaired) electrons. The van der Waals surface area contributed by atoms with E-state index >= 15 is 0 Å². The fourth-order valence-corrected chi connectivity index (χ4v) is 6.36. The molecule has 0 saturated carbocycles. The molecule has 1 unspecified atom stereocenters. The van der Waals surface area contributed by atoms with Gasteiger partial charge >= 0.3 is 17.9 Å². The Hall–Kier alpha value is -3.67. The predicted octanol–water partition coefficient (Wildman–Crippen LogP) is 16.2. The quantitative estimate of drug-likeness (QED) is 0.0263. The lowest BCUT2D eigenvalue weighted by molar-refractivity contribution is -0.167. The van der Waals surface area contributed by atoms with Crippen LogP contribution in [-0.4, -0.2) is 37.2 Å². The van der Waals surface area contributed by atoms with E-state index in [0.29, 0.717) is 19.3 Å². The number of hydrogen-bond donors (Lipinski definition) is 0. The number of unbranched alkanes of at least 4 members (excludes halogenated alkanes) is 16. The SMILES string of the molecule is CC/C=C\C/C=C\C/C=C\C/C=C\C/C=C\CCCCCC(=O)OCC(COC(=O)CCCCCCC)OC(=O)CCCCCCCC/C=C\C/C=C\C/C=C\CCCCC. The van der Waals surface area contributed by atoms with E-state index in [2.05, 4.69) is 118 Å². The molecule has 346 valence electrons. The third kappa shape index (κ3) is 47.2. The van der Waals surface area contributed by atoms with Crippen LogP contribution in [0.4, 0.5) is 0 Å². The van der Waals surface area contributed by atoms with E-state index in [-0.39, 0.29) is 31.1 Å². The molecule has 0 aromatic heterocycles. The van der Waals surface area contributed by atoms with Gasteiger partial charge in [-0.15, -0.1) is 0 Å². The first-order valence-corrected chi connectivity index (χ1v) is 24.7. The molecule has 0 rings (SSSR count). The van der Waals surface area contributed by atoms with E-state index in [9.17, 15) is 14.4 Å². The number of ether oxygens (including phenoxy) is 3. The first-order chi connectivity index (χ1) is 30.0. The van der Waals surface area contributed by atoms with E-state index in [1.165, 1.54) is 38.5 Å². The van der Waals surface area contributed by atoms with Crippen molar-refractivity contribution >= 4 is 17.9 Å². The molecule has 0 aromatic rings. The second kappa shape index (κ2) is 49.0. The van der Waals surface area contributed by atoms with Crippen molar-refractivity contribution in [2.75, 3.05) is 13.2 Å². The molecule has 0 aliphatic carbocycles. The number of hydrogen-bond acceptors (Lipinski definition) is 6. The molecule has 0 amide bonds. The summed E-state index contributed by atoms with van der Waals surface area (Å²) >= 11 is 0. The zero-order chi connectivity index (χ0) is 44.4. The molecule has 0 fully saturated rings. The second-order valence-corrected chi connectivity index (χ2v) is 16.0. The Kier molecular flexibility index (Phi) is 46.0. The summed E-state index contributed by atoms with van der Waals surface area (Å²) in [5.41, 5.74) is 0. The summed E-state index contributed by atoms with van der Waals surface area (Å²) in [5, 5.41) is 0. The Morgan fingerprint density at radius 1 is 0.344 bits per heavy atom. The summed E-state index contributed by atoms with van der Waals surface area (Å²) in [6.07, 6.45) is 64.2. The van der Waals surface area contributed by atoms with E-state index in [4.69, 9.17) is 14.2 Å². The minimum Gasteiger partial charge on any atom is -0.462 e. The molecular formula is C55H90O6. The summed E-state index contributed by atoms with van der Waals surface area (Å²) in [6, 6.07) is 0. The molecule has 0 bridgehead atoms. The minimum absolute atomic E-state index is 0.0959. The maximum Gasteiger partial charge on any atom is 0.306 e. The molecule has 0 N–H and O–H groups in total. The summed E-state index contributed by atoms with van der Waals surface area (Å²) in [6.45, 7) is 6.35. The van der Waals surface area contributed by atoms with Crippen molar-refractivity contribution in [1.29, 1.82) is 0 Å². The summed E-state index contributed by atoms with van der Waals surface area (Å²) in [5.74, 6) is -0.962. The lowest BCUT2D eigenvalue weighted by atomic mass is 10.1. The summed E-state index contributed by atoms with van der Waals surface area (Å²) < 4.78 is 16.6. The highest BCUT2D eigenvalue weighted by atomic mass is 16.6. The van der Waals surface area contributed by atoms with Crippen molar-refractivity contribution in [3.8, 4) is 0 Å². The molecule has 1 atom stereocenters. The topological polar surface area (TPSA) is 78.9 Å². The molecule has 0 heterocycles. The van der Waals surface area contributed by atoms with Crippen molar-refractivity contribution in [3.63, 3.8) is 0 Å². The van der Waals surface area contributed by atoms with Crippen LogP contribution in [0.3, 0.4) is 0 Å². The Labute approximate surface area is 375 Å². The maximum atomic E-state index is 12.7. The number of esters is 3. The van der Waals surface area contributed by atoms with Gasteiger partial charge in [-0.2, -0.15) is 0 Å². The fraction of sp³-hybridized carbons (Fsp3) is 0.655. The van der Waals surface area contributed by atoms with Crippen molar-refractivity contribution in [1.82, 2.24) is 0 Å². The van der Waals surface area contributed by atoms with Gasteiger partial charge in [-0.05, 0) is 103 Å². The highest BCUT2D eigenvalue weighted by Crippen LogP contribution is 2.12. The third-order valence-corrected chi connectivity index (χ3v) is 10.1. The van der Waals surface area contributed by atoms with Gasteiger partial charge in [0, 0.05) is 19.3 Å². The molecule has 0 aliphatic rings. The van der Waals surface area contributed by atoms with Crippen LogP contribution in [-0.2, 0) is 28.6 Å². The van der Waals surface area contributed by atoms with Crippen molar-refractivity contribution in [3.05, 3.63) is 97.2 Å². The van der Waals surface area contributed by atoms with Gasteiger partial charge in [0.1, 0.15) is 13.2 Å². The number of carbonyl (C=O) groups is 3. The average molecular weight is 847 g/mol. The highest BCUT2D eigenvalue weighted by molar-refractivity contribution is 5.71. The van der Waals surface area contributed by atoms with Gasteiger partial charge < -0.3 is 14.2 Å². The molecule has 0 aliphatic heterocycles. The third-order valence-electron chi connectivity index (χ3n) is 10.1. The predicted molar refractivity (Wildman–Crippen MR) is 260 cm³/mol. The first kappa shape index (κ1) is 57.3. The van der Waals surface area contributed by atoms with Crippen LogP contribution in [0, 0.1) is 0 Å². The van der Waals surface area contributed by atoms with E-state index < -0.39 is 6.10 Å². The fourth-order valence-electron chi connectivity index (χ4n) is 6.36. The lowest BCUT2D eigenvalue weighted by Crippen LogP contribution is -2.30. The molecule has 0 saturated heterocycles. The Morgan fingerprint density at radius 2 is 0.639 bits per heavy atom. The van der Waals surface area contributed by atoms with Crippen LogP contribution in [0.2, 0.25) is 0 Å². The zero-order valence-corrected chi connectivity index (χ0v) is 39.4. The average Bonchev–Trinajstić information content (AvgIpc) is 3.26. The number of carbonyl (C=O) groups excluding carboxylic acids is 3. The maximum absolute atomic E-state index is 12.7. The van der Waals surface area contributed by atoms with Crippen LogP contribution < -0.4 is 0 Å². The largest absolute Gasteiger partial charge is 0.462 e. The molecule has 0 spiro atoms. The van der Waals surface area contributed by atoms with Crippen LogP contribution >= 0.6 is 0 Å². The van der Waals surface area contributed by atoms with Gasteiger partial charge in [-0.3, -0.25) is 14.4 Å². The van der Waals surface area contributed by atoms with E-state index in [0.717, 1.165) is 135 Å². The van der Waals surface area contributed by atoms with Gasteiger partial charge in [0.2, 0.25) is 0 Å². The lowest BCUT2D eigenvalue weighted by Gasteiger charge is -2.18. The Bertz CT molecular complexity index is 1250.